The molecular weight excluding hydrogens is 310 g/mol. The highest BCUT2D eigenvalue weighted by Crippen LogP contribution is 2.14. The Morgan fingerprint density at radius 2 is 1.68 bits per heavy atom. The Morgan fingerprint density at radius 1 is 1.04 bits per heavy atom. The van der Waals surface area contributed by atoms with Crippen molar-refractivity contribution in [3.63, 3.8) is 0 Å². The quantitative estimate of drug-likeness (QED) is 0.874. The van der Waals surface area contributed by atoms with Crippen molar-refractivity contribution in [2.75, 3.05) is 38.5 Å². The van der Waals surface area contributed by atoms with Crippen LogP contribution in [0.3, 0.4) is 0 Å². The Balaban J connectivity index is 1.56. The van der Waals surface area contributed by atoms with E-state index in [1.54, 1.807) is 24.3 Å². The summed E-state index contributed by atoms with van der Waals surface area (Å²) in [6, 6.07) is 15.1. The van der Waals surface area contributed by atoms with Crippen molar-refractivity contribution >= 4 is 11.6 Å². The van der Waals surface area contributed by atoms with Crippen molar-refractivity contribution in [2.45, 2.75) is 6.54 Å². The van der Waals surface area contributed by atoms with Crippen LogP contribution in [-0.4, -0.2) is 48.9 Å². The van der Waals surface area contributed by atoms with Crippen LogP contribution in [0.4, 0.5) is 5.69 Å². The summed E-state index contributed by atoms with van der Waals surface area (Å²) in [6.45, 7) is 5.39. The zero-order chi connectivity index (χ0) is 17.6. The van der Waals surface area contributed by atoms with Crippen molar-refractivity contribution in [2.24, 2.45) is 0 Å². The van der Waals surface area contributed by atoms with Crippen LogP contribution < -0.4 is 5.32 Å². The summed E-state index contributed by atoms with van der Waals surface area (Å²) < 4.78 is 0. The Labute approximate surface area is 149 Å². The molecule has 4 nitrogen and oxygen atoms in total. The minimum Gasteiger partial charge on any atom is -0.322 e. The van der Waals surface area contributed by atoms with E-state index in [4.69, 9.17) is 6.42 Å². The van der Waals surface area contributed by atoms with Crippen LogP contribution in [0.15, 0.2) is 48.5 Å². The maximum absolute atomic E-state index is 12.3. The minimum atomic E-state index is -0.129. The summed E-state index contributed by atoms with van der Waals surface area (Å²) in [5, 5.41) is 2.92. The molecule has 2 aromatic rings. The fraction of sp³-hybridized carbons (Fsp3) is 0.286. The summed E-state index contributed by atoms with van der Waals surface area (Å²) >= 11 is 0. The van der Waals surface area contributed by atoms with Gasteiger partial charge in [0.25, 0.3) is 5.91 Å². The smallest absolute Gasteiger partial charge is 0.255 e. The number of anilines is 1. The predicted octanol–water partition coefficient (Wildman–Crippen LogP) is 2.67. The number of likely N-dealkylation sites (N-methyl/N-ethyl adjacent to an activating group) is 1. The Kier molecular flexibility index (Phi) is 5.49. The number of carbonyl (C=O) groups excluding carboxylic acids is 1. The highest BCUT2D eigenvalue weighted by Gasteiger charge is 2.13. The van der Waals surface area contributed by atoms with E-state index < -0.39 is 0 Å². The number of piperazine rings is 1. The van der Waals surface area contributed by atoms with Gasteiger partial charge < -0.3 is 10.2 Å². The van der Waals surface area contributed by atoms with Crippen LogP contribution in [0.25, 0.3) is 0 Å². The highest BCUT2D eigenvalue weighted by atomic mass is 16.1. The number of nitrogens with zero attached hydrogens (tertiary/aromatic N) is 2. The largest absolute Gasteiger partial charge is 0.322 e. The van der Waals surface area contributed by atoms with E-state index in [2.05, 4.69) is 40.2 Å². The van der Waals surface area contributed by atoms with Crippen molar-refractivity contribution in [3.8, 4) is 12.3 Å². The van der Waals surface area contributed by atoms with Crippen LogP contribution >= 0.6 is 0 Å². The van der Waals surface area contributed by atoms with Gasteiger partial charge in [0.2, 0.25) is 0 Å². The standard InChI is InChI=1S/C21H23N3O/c1-3-17-4-8-19(9-5-17)21(25)22-20-10-6-18(7-11-20)16-24-14-12-23(2)13-15-24/h1,4-11H,12-16H2,2H3,(H,22,25). The second kappa shape index (κ2) is 7.98. The monoisotopic (exact) mass is 333 g/mol. The van der Waals surface area contributed by atoms with E-state index in [0.29, 0.717) is 5.56 Å². The third-order valence-electron chi connectivity index (χ3n) is 4.53. The van der Waals surface area contributed by atoms with Gasteiger partial charge in [-0.3, -0.25) is 9.69 Å². The average molecular weight is 333 g/mol. The van der Waals surface area contributed by atoms with E-state index in [-0.39, 0.29) is 5.91 Å². The van der Waals surface area contributed by atoms with Gasteiger partial charge in [0.15, 0.2) is 0 Å². The molecule has 0 radical (unpaired) electrons. The van der Waals surface area contributed by atoms with Gasteiger partial charge >= 0.3 is 0 Å². The second-order valence-electron chi connectivity index (χ2n) is 6.45. The first-order valence-electron chi connectivity index (χ1n) is 8.52. The van der Waals surface area contributed by atoms with Crippen molar-refractivity contribution in [1.29, 1.82) is 0 Å². The summed E-state index contributed by atoms with van der Waals surface area (Å²) in [7, 11) is 2.16. The van der Waals surface area contributed by atoms with Gasteiger partial charge in [-0.1, -0.05) is 18.1 Å². The van der Waals surface area contributed by atoms with Gasteiger partial charge in [0.1, 0.15) is 0 Å². The van der Waals surface area contributed by atoms with Gasteiger partial charge in [-0.05, 0) is 49.0 Å². The molecule has 0 aliphatic carbocycles. The first kappa shape index (κ1) is 17.2. The van der Waals surface area contributed by atoms with Gasteiger partial charge in [-0.15, -0.1) is 6.42 Å². The summed E-state index contributed by atoms with van der Waals surface area (Å²) in [6.07, 6.45) is 5.33. The van der Waals surface area contributed by atoms with E-state index in [0.717, 1.165) is 44.0 Å². The van der Waals surface area contributed by atoms with Crippen LogP contribution in [0, 0.1) is 12.3 Å². The van der Waals surface area contributed by atoms with Gasteiger partial charge in [0, 0.05) is 49.5 Å². The van der Waals surface area contributed by atoms with Crippen molar-refractivity contribution in [3.05, 3.63) is 65.2 Å². The van der Waals surface area contributed by atoms with Crippen LogP contribution in [0.2, 0.25) is 0 Å². The number of nitrogens with one attached hydrogen (secondary N) is 1. The third-order valence-corrected chi connectivity index (χ3v) is 4.53. The topological polar surface area (TPSA) is 35.6 Å². The highest BCUT2D eigenvalue weighted by molar-refractivity contribution is 6.04. The lowest BCUT2D eigenvalue weighted by Gasteiger charge is -2.32. The molecule has 0 spiro atoms. The molecule has 1 saturated heterocycles. The summed E-state index contributed by atoms with van der Waals surface area (Å²) in [5.74, 6) is 2.42. The Bertz CT molecular complexity index is 751. The number of benzene rings is 2. The summed E-state index contributed by atoms with van der Waals surface area (Å²) in [5.41, 5.74) is 3.43. The van der Waals surface area contributed by atoms with E-state index >= 15 is 0 Å². The molecule has 128 valence electrons. The molecule has 1 aliphatic rings. The lowest BCUT2D eigenvalue weighted by Crippen LogP contribution is -2.43. The van der Waals surface area contributed by atoms with Crippen LogP contribution in [-0.2, 0) is 6.54 Å². The fourth-order valence-corrected chi connectivity index (χ4v) is 2.88. The number of hydrogen-bond donors (Lipinski definition) is 1. The first-order chi connectivity index (χ1) is 12.1. The zero-order valence-electron chi connectivity index (χ0n) is 14.5. The molecule has 1 N–H and O–H groups in total. The zero-order valence-corrected chi connectivity index (χ0v) is 14.5. The molecule has 25 heavy (non-hydrogen) atoms. The first-order valence-corrected chi connectivity index (χ1v) is 8.52. The molecule has 1 amide bonds. The van der Waals surface area contributed by atoms with Crippen molar-refractivity contribution < 1.29 is 4.79 Å². The number of rotatable bonds is 4. The van der Waals surface area contributed by atoms with E-state index in [1.165, 1.54) is 5.56 Å². The maximum atomic E-state index is 12.3. The van der Waals surface area contributed by atoms with Crippen LogP contribution in [0.5, 0.6) is 0 Å². The molecule has 2 aromatic carbocycles. The molecule has 1 fully saturated rings. The van der Waals surface area contributed by atoms with Gasteiger partial charge in [-0.25, -0.2) is 0 Å². The Hall–Kier alpha value is -2.61. The third kappa shape index (κ3) is 4.69. The molecule has 3 rings (SSSR count). The number of amides is 1. The SMILES string of the molecule is C#Cc1ccc(C(=O)Nc2ccc(CN3CCN(C)CC3)cc2)cc1. The molecule has 0 unspecified atom stereocenters. The molecular formula is C21H23N3O. The predicted molar refractivity (Wildman–Crippen MR) is 102 cm³/mol. The van der Waals surface area contributed by atoms with E-state index in [1.807, 2.05) is 12.1 Å². The number of hydrogen-bond acceptors (Lipinski definition) is 3. The van der Waals surface area contributed by atoms with Gasteiger partial charge in [0.05, 0.1) is 0 Å². The second-order valence-corrected chi connectivity index (χ2v) is 6.45. The molecule has 1 aliphatic heterocycles. The van der Waals surface area contributed by atoms with Crippen molar-refractivity contribution in [1.82, 2.24) is 9.80 Å². The molecule has 0 bridgehead atoms. The minimum absolute atomic E-state index is 0.129. The lowest BCUT2D eigenvalue weighted by atomic mass is 10.1. The lowest BCUT2D eigenvalue weighted by molar-refractivity contribution is 0.102. The molecule has 4 heteroatoms. The van der Waals surface area contributed by atoms with E-state index in [9.17, 15) is 4.79 Å². The molecule has 0 atom stereocenters. The van der Waals surface area contributed by atoms with Gasteiger partial charge in [-0.2, -0.15) is 0 Å². The normalized spacial score (nSPS) is 15.5. The number of terminal acetylenes is 1. The number of carbonyl (C=O) groups is 1. The van der Waals surface area contributed by atoms with Crippen LogP contribution in [0.1, 0.15) is 21.5 Å². The fourth-order valence-electron chi connectivity index (χ4n) is 2.88. The molecule has 0 saturated carbocycles. The average Bonchev–Trinajstić information content (AvgIpc) is 2.65. The summed E-state index contributed by atoms with van der Waals surface area (Å²) in [4.78, 5) is 17.1. The Morgan fingerprint density at radius 3 is 2.28 bits per heavy atom. The molecule has 1 heterocycles. The maximum Gasteiger partial charge on any atom is 0.255 e. The molecule has 0 aromatic heterocycles.